The van der Waals surface area contributed by atoms with E-state index in [4.69, 9.17) is 4.74 Å². The molecule has 2 N–H and O–H groups in total. The number of carbonyl (C=O) groups is 2. The zero-order valence-corrected chi connectivity index (χ0v) is 14.5. The highest BCUT2D eigenvalue weighted by atomic mass is 16.5. The van der Waals surface area contributed by atoms with Gasteiger partial charge in [0.2, 0.25) is 0 Å². The van der Waals surface area contributed by atoms with Crippen molar-refractivity contribution < 1.29 is 14.3 Å². The SMILES string of the molecule is CN1C(=O)[C@@H](NC(=O)c2n[nH]c3c2CC2CC2C3)COc2ccccc21. The molecule has 26 heavy (non-hydrogen) atoms. The lowest BCUT2D eigenvalue weighted by Gasteiger charge is -2.20. The molecule has 1 aromatic heterocycles. The average Bonchev–Trinajstić information content (AvgIpc) is 3.32. The molecule has 0 radical (unpaired) electrons. The Morgan fingerprint density at radius 2 is 2.12 bits per heavy atom. The Bertz CT molecular complexity index is 906. The molecule has 1 aromatic carbocycles. The number of aromatic nitrogens is 2. The van der Waals surface area contributed by atoms with Crippen LogP contribution in [0.3, 0.4) is 0 Å². The summed E-state index contributed by atoms with van der Waals surface area (Å²) in [6, 6.07) is 6.61. The largest absolute Gasteiger partial charge is 0.489 e. The van der Waals surface area contributed by atoms with E-state index in [9.17, 15) is 9.59 Å². The van der Waals surface area contributed by atoms with Crippen LogP contribution in [0, 0.1) is 11.8 Å². The highest BCUT2D eigenvalue weighted by molar-refractivity contribution is 6.03. The van der Waals surface area contributed by atoms with E-state index in [1.807, 2.05) is 24.3 Å². The van der Waals surface area contributed by atoms with Crippen LogP contribution in [0.4, 0.5) is 5.69 Å². The summed E-state index contributed by atoms with van der Waals surface area (Å²) in [5.41, 5.74) is 3.20. The van der Waals surface area contributed by atoms with E-state index in [2.05, 4.69) is 15.5 Å². The zero-order chi connectivity index (χ0) is 17.8. The van der Waals surface area contributed by atoms with Crippen LogP contribution < -0.4 is 15.0 Å². The molecule has 1 aliphatic heterocycles. The van der Waals surface area contributed by atoms with E-state index in [-0.39, 0.29) is 18.4 Å². The maximum absolute atomic E-state index is 12.8. The second-order valence-corrected chi connectivity index (χ2v) is 7.40. The van der Waals surface area contributed by atoms with Crippen molar-refractivity contribution in [2.45, 2.75) is 25.3 Å². The topological polar surface area (TPSA) is 87.3 Å². The smallest absolute Gasteiger partial charge is 0.272 e. The van der Waals surface area contributed by atoms with Crippen molar-refractivity contribution in [1.29, 1.82) is 0 Å². The molecule has 2 aromatic rings. The molecule has 2 amide bonds. The number of nitrogens with zero attached hydrogens (tertiary/aromatic N) is 2. The molecule has 1 saturated carbocycles. The minimum Gasteiger partial charge on any atom is -0.489 e. The quantitative estimate of drug-likeness (QED) is 0.853. The molecular weight excluding hydrogens is 332 g/mol. The number of hydrogen-bond donors (Lipinski definition) is 2. The summed E-state index contributed by atoms with van der Waals surface area (Å²) < 4.78 is 5.75. The standard InChI is InChI=1S/C19H20N4O3/c1-23-15-4-2-3-5-16(15)26-9-14(19(23)25)20-18(24)17-12-7-10-6-11(10)8-13(12)21-22-17/h2-5,10-11,14H,6-9H2,1H3,(H,20,24)(H,21,22)/t10?,11?,14-/m0/s1. The monoisotopic (exact) mass is 352 g/mol. The number of anilines is 1. The van der Waals surface area contributed by atoms with Gasteiger partial charge >= 0.3 is 0 Å². The molecule has 2 heterocycles. The van der Waals surface area contributed by atoms with E-state index in [1.54, 1.807) is 7.05 Å². The number of likely N-dealkylation sites (N-methyl/N-ethyl adjacent to an activating group) is 1. The van der Waals surface area contributed by atoms with Gasteiger partial charge < -0.3 is 15.0 Å². The Kier molecular flexibility index (Phi) is 3.32. The summed E-state index contributed by atoms with van der Waals surface area (Å²) in [5, 5.41) is 10.1. The van der Waals surface area contributed by atoms with Crippen molar-refractivity contribution >= 4 is 17.5 Å². The lowest BCUT2D eigenvalue weighted by atomic mass is 9.95. The fraction of sp³-hybridized carbons (Fsp3) is 0.421. The summed E-state index contributed by atoms with van der Waals surface area (Å²) in [4.78, 5) is 27.1. The number of H-pyrrole nitrogens is 1. The van der Waals surface area contributed by atoms with Crippen LogP contribution in [-0.4, -0.2) is 41.7 Å². The summed E-state index contributed by atoms with van der Waals surface area (Å²) >= 11 is 0. The second-order valence-electron chi connectivity index (χ2n) is 7.40. The van der Waals surface area contributed by atoms with Crippen molar-refractivity contribution in [2.75, 3.05) is 18.6 Å². The average molecular weight is 352 g/mol. The van der Waals surface area contributed by atoms with E-state index < -0.39 is 6.04 Å². The Balaban J connectivity index is 1.36. The molecule has 0 saturated heterocycles. The summed E-state index contributed by atoms with van der Waals surface area (Å²) in [7, 11) is 1.69. The molecule has 0 bridgehead atoms. The normalized spacial score (nSPS) is 26.1. The van der Waals surface area contributed by atoms with Crippen LogP contribution >= 0.6 is 0 Å². The Morgan fingerprint density at radius 3 is 3.00 bits per heavy atom. The molecule has 3 aliphatic rings. The minimum atomic E-state index is -0.746. The van der Waals surface area contributed by atoms with Crippen molar-refractivity contribution in [3.63, 3.8) is 0 Å². The van der Waals surface area contributed by atoms with Gasteiger partial charge in [-0.2, -0.15) is 5.10 Å². The van der Waals surface area contributed by atoms with E-state index >= 15 is 0 Å². The van der Waals surface area contributed by atoms with E-state index in [0.29, 0.717) is 23.0 Å². The van der Waals surface area contributed by atoms with Crippen molar-refractivity contribution in [3.05, 3.63) is 41.2 Å². The minimum absolute atomic E-state index is 0.100. The van der Waals surface area contributed by atoms with Crippen LogP contribution in [0.15, 0.2) is 24.3 Å². The molecule has 3 atom stereocenters. The number of carbonyl (C=O) groups excluding carboxylic acids is 2. The fourth-order valence-corrected chi connectivity index (χ4v) is 4.10. The third kappa shape index (κ3) is 2.38. The molecular formula is C19H20N4O3. The van der Waals surface area contributed by atoms with Gasteiger partial charge in [-0.15, -0.1) is 0 Å². The summed E-state index contributed by atoms with van der Waals surface area (Å²) in [6.45, 7) is 0.100. The van der Waals surface area contributed by atoms with Crippen LogP contribution in [0.5, 0.6) is 5.75 Å². The number of benzene rings is 1. The molecule has 5 rings (SSSR count). The van der Waals surface area contributed by atoms with Gasteiger partial charge in [0, 0.05) is 18.3 Å². The first-order valence-electron chi connectivity index (χ1n) is 8.98. The molecule has 2 aliphatic carbocycles. The van der Waals surface area contributed by atoms with Gasteiger partial charge in [0.15, 0.2) is 5.69 Å². The van der Waals surface area contributed by atoms with Crippen molar-refractivity contribution in [1.82, 2.24) is 15.5 Å². The van der Waals surface area contributed by atoms with Crippen LogP contribution in [0.2, 0.25) is 0 Å². The van der Waals surface area contributed by atoms with Gasteiger partial charge in [0.05, 0.1) is 5.69 Å². The fourth-order valence-electron chi connectivity index (χ4n) is 4.10. The number of fused-ring (bicyclic) bond motifs is 3. The van der Waals surface area contributed by atoms with Crippen LogP contribution in [0.25, 0.3) is 0 Å². The second kappa shape index (κ2) is 5.59. The van der Waals surface area contributed by atoms with Gasteiger partial charge in [-0.3, -0.25) is 14.7 Å². The lowest BCUT2D eigenvalue weighted by molar-refractivity contribution is -0.120. The van der Waals surface area contributed by atoms with E-state index in [0.717, 1.165) is 30.0 Å². The number of aromatic amines is 1. The highest BCUT2D eigenvalue weighted by Gasteiger charge is 2.43. The number of hydrogen-bond acceptors (Lipinski definition) is 4. The predicted octanol–water partition coefficient (Wildman–Crippen LogP) is 1.30. The number of ether oxygens (including phenoxy) is 1. The summed E-state index contributed by atoms with van der Waals surface area (Å²) in [6.07, 6.45) is 3.12. The lowest BCUT2D eigenvalue weighted by Crippen LogP contribution is -2.49. The molecule has 7 heteroatoms. The number of para-hydroxylation sites is 2. The van der Waals surface area contributed by atoms with Gasteiger partial charge in [-0.05, 0) is 43.2 Å². The highest BCUT2D eigenvalue weighted by Crippen LogP contribution is 2.48. The molecule has 1 fully saturated rings. The zero-order valence-electron chi connectivity index (χ0n) is 14.5. The van der Waals surface area contributed by atoms with Crippen LogP contribution in [0.1, 0.15) is 28.2 Å². The van der Waals surface area contributed by atoms with Crippen molar-refractivity contribution in [3.8, 4) is 5.75 Å². The maximum Gasteiger partial charge on any atom is 0.272 e. The third-order valence-corrected chi connectivity index (χ3v) is 5.74. The van der Waals surface area contributed by atoms with Gasteiger partial charge in [-0.25, -0.2) is 0 Å². The maximum atomic E-state index is 12.8. The Morgan fingerprint density at radius 1 is 1.31 bits per heavy atom. The predicted molar refractivity (Wildman–Crippen MR) is 94.2 cm³/mol. The first-order chi connectivity index (χ1) is 12.6. The van der Waals surface area contributed by atoms with Crippen molar-refractivity contribution in [2.24, 2.45) is 11.8 Å². The van der Waals surface area contributed by atoms with Crippen LogP contribution in [-0.2, 0) is 17.6 Å². The van der Waals surface area contributed by atoms with E-state index in [1.165, 1.54) is 11.3 Å². The van der Waals surface area contributed by atoms with Gasteiger partial charge in [0.25, 0.3) is 11.8 Å². The van der Waals surface area contributed by atoms with Gasteiger partial charge in [0.1, 0.15) is 18.4 Å². The Labute approximate surface area is 150 Å². The number of rotatable bonds is 2. The number of nitrogens with one attached hydrogen (secondary N) is 2. The first-order valence-corrected chi connectivity index (χ1v) is 8.98. The third-order valence-electron chi connectivity index (χ3n) is 5.74. The molecule has 134 valence electrons. The Hall–Kier alpha value is -2.83. The molecule has 7 nitrogen and oxygen atoms in total. The summed E-state index contributed by atoms with van der Waals surface area (Å²) in [5.74, 6) is 1.56. The molecule has 0 spiro atoms. The number of amides is 2. The van der Waals surface area contributed by atoms with Gasteiger partial charge in [-0.1, -0.05) is 12.1 Å². The molecule has 2 unspecified atom stereocenters. The first kappa shape index (κ1) is 15.4.